The van der Waals surface area contributed by atoms with Crippen LogP contribution in [0.2, 0.25) is 0 Å². The van der Waals surface area contributed by atoms with E-state index in [1.54, 1.807) is 12.4 Å². The van der Waals surface area contributed by atoms with Crippen molar-refractivity contribution in [1.82, 2.24) is 4.98 Å². The molecule has 0 fully saturated rings. The molecule has 1 aromatic heterocycles. The monoisotopic (exact) mass is 225 g/mol. The van der Waals surface area contributed by atoms with Crippen molar-refractivity contribution in [3.05, 3.63) is 30.1 Å². The second kappa shape index (κ2) is 4.75. The Labute approximate surface area is 95.7 Å². The quantitative estimate of drug-likeness (QED) is 0.741. The number of hydrogen-bond donors (Lipinski definition) is 0. The van der Waals surface area contributed by atoms with Crippen molar-refractivity contribution in [3.63, 3.8) is 0 Å². The van der Waals surface area contributed by atoms with Crippen LogP contribution in [0.5, 0.6) is 0 Å². The number of alkyl halides is 1. The van der Waals surface area contributed by atoms with Crippen molar-refractivity contribution >= 4 is 17.4 Å². The largest absolute Gasteiger partial charge is 0.297 e. The molecule has 1 atom stereocenters. The summed E-state index contributed by atoms with van der Waals surface area (Å²) in [7, 11) is 0. The first kappa shape index (κ1) is 12.2. The molecular formula is C12H16ClNO. The van der Waals surface area contributed by atoms with Gasteiger partial charge in [0.15, 0.2) is 5.78 Å². The fraction of sp³-hybridized carbons (Fsp3) is 0.500. The van der Waals surface area contributed by atoms with Crippen LogP contribution in [0.3, 0.4) is 0 Å². The third-order valence-corrected chi connectivity index (χ3v) is 2.54. The second-order valence-electron chi connectivity index (χ2n) is 4.64. The molecule has 0 saturated carbocycles. The summed E-state index contributed by atoms with van der Waals surface area (Å²) in [5.74, 6) is 0.0842. The first-order valence-corrected chi connectivity index (χ1v) is 5.42. The minimum atomic E-state index is -0.451. The van der Waals surface area contributed by atoms with E-state index in [1.807, 2.05) is 32.9 Å². The summed E-state index contributed by atoms with van der Waals surface area (Å²) < 4.78 is 0. The lowest BCUT2D eigenvalue weighted by Gasteiger charge is -2.20. The average Bonchev–Trinajstić information content (AvgIpc) is 2.16. The lowest BCUT2D eigenvalue weighted by Crippen LogP contribution is -2.30. The summed E-state index contributed by atoms with van der Waals surface area (Å²) in [5, 5.41) is -0.451. The van der Waals surface area contributed by atoms with Crippen molar-refractivity contribution in [2.24, 2.45) is 5.41 Å². The SMILES string of the molecule is CC(C)(C)C(=O)C(Cl)Cc1ccncc1. The van der Waals surface area contributed by atoms with Crippen molar-refractivity contribution < 1.29 is 4.79 Å². The number of hydrogen-bond acceptors (Lipinski definition) is 2. The van der Waals surface area contributed by atoms with Gasteiger partial charge in [-0.2, -0.15) is 0 Å². The molecule has 0 radical (unpaired) electrons. The van der Waals surface area contributed by atoms with Gasteiger partial charge in [0, 0.05) is 17.8 Å². The fourth-order valence-corrected chi connectivity index (χ4v) is 1.79. The molecule has 0 saturated heterocycles. The Hall–Kier alpha value is -0.890. The molecule has 0 aromatic carbocycles. The maximum Gasteiger partial charge on any atom is 0.156 e. The molecule has 0 bridgehead atoms. The van der Waals surface area contributed by atoms with E-state index in [1.165, 1.54) is 0 Å². The van der Waals surface area contributed by atoms with E-state index in [0.29, 0.717) is 6.42 Å². The zero-order chi connectivity index (χ0) is 11.5. The lowest BCUT2D eigenvalue weighted by molar-refractivity contribution is -0.125. The number of pyridine rings is 1. The molecule has 1 unspecified atom stereocenters. The molecule has 3 heteroatoms. The van der Waals surface area contributed by atoms with E-state index < -0.39 is 5.38 Å². The Bertz CT molecular complexity index is 329. The summed E-state index contributed by atoms with van der Waals surface area (Å²) in [6.07, 6.45) is 3.99. The molecule has 82 valence electrons. The van der Waals surface area contributed by atoms with Gasteiger partial charge in [-0.05, 0) is 24.1 Å². The van der Waals surface area contributed by atoms with Crippen LogP contribution in [0.15, 0.2) is 24.5 Å². The summed E-state index contributed by atoms with van der Waals surface area (Å²) in [4.78, 5) is 15.7. The number of aromatic nitrogens is 1. The van der Waals surface area contributed by atoms with Crippen molar-refractivity contribution in [1.29, 1.82) is 0 Å². The molecule has 0 amide bonds. The Morgan fingerprint density at radius 2 is 1.93 bits per heavy atom. The van der Waals surface area contributed by atoms with Gasteiger partial charge in [-0.3, -0.25) is 9.78 Å². The van der Waals surface area contributed by atoms with Crippen LogP contribution in [-0.4, -0.2) is 16.1 Å². The van der Waals surface area contributed by atoms with Crippen LogP contribution >= 0.6 is 11.6 Å². The molecule has 1 heterocycles. The third kappa shape index (κ3) is 3.63. The zero-order valence-electron chi connectivity index (χ0n) is 9.33. The third-order valence-electron chi connectivity index (χ3n) is 2.19. The van der Waals surface area contributed by atoms with E-state index in [0.717, 1.165) is 5.56 Å². The van der Waals surface area contributed by atoms with E-state index in [2.05, 4.69) is 4.98 Å². The highest BCUT2D eigenvalue weighted by atomic mass is 35.5. The normalized spacial score (nSPS) is 13.6. The number of carbonyl (C=O) groups excluding carboxylic acids is 1. The molecule has 15 heavy (non-hydrogen) atoms. The molecule has 0 N–H and O–H groups in total. The van der Waals surface area contributed by atoms with Crippen LogP contribution in [0.4, 0.5) is 0 Å². The van der Waals surface area contributed by atoms with Crippen molar-refractivity contribution in [2.45, 2.75) is 32.6 Å². The second-order valence-corrected chi connectivity index (χ2v) is 5.17. The predicted molar refractivity (Wildman–Crippen MR) is 62.0 cm³/mol. The smallest absolute Gasteiger partial charge is 0.156 e. The lowest BCUT2D eigenvalue weighted by atomic mass is 9.87. The zero-order valence-corrected chi connectivity index (χ0v) is 10.1. The summed E-state index contributed by atoms with van der Waals surface area (Å²) in [6, 6.07) is 3.76. The maximum absolute atomic E-state index is 11.8. The molecule has 0 spiro atoms. The van der Waals surface area contributed by atoms with E-state index in [-0.39, 0.29) is 11.2 Å². The van der Waals surface area contributed by atoms with Crippen LogP contribution in [0.25, 0.3) is 0 Å². The molecule has 0 aliphatic carbocycles. The van der Waals surface area contributed by atoms with Gasteiger partial charge in [0.2, 0.25) is 0 Å². The molecule has 1 aromatic rings. The van der Waals surface area contributed by atoms with E-state index in [4.69, 9.17) is 11.6 Å². The first-order valence-electron chi connectivity index (χ1n) is 4.98. The predicted octanol–water partition coefficient (Wildman–Crippen LogP) is 2.85. The summed E-state index contributed by atoms with van der Waals surface area (Å²) >= 11 is 6.08. The van der Waals surface area contributed by atoms with Gasteiger partial charge >= 0.3 is 0 Å². The van der Waals surface area contributed by atoms with Crippen LogP contribution in [0, 0.1) is 5.41 Å². The summed E-state index contributed by atoms with van der Waals surface area (Å²) in [6.45, 7) is 5.66. The Kier molecular flexibility index (Phi) is 3.86. The first-order chi connectivity index (χ1) is 6.91. The Balaban J connectivity index is 2.65. The number of rotatable bonds is 3. The van der Waals surface area contributed by atoms with Gasteiger partial charge in [0.1, 0.15) is 0 Å². The van der Waals surface area contributed by atoms with Gasteiger partial charge < -0.3 is 0 Å². The minimum absolute atomic E-state index is 0.0842. The van der Waals surface area contributed by atoms with Crippen molar-refractivity contribution in [3.8, 4) is 0 Å². The van der Waals surface area contributed by atoms with Gasteiger partial charge in [0.05, 0.1) is 5.38 Å². The molecular weight excluding hydrogens is 210 g/mol. The molecule has 0 aliphatic rings. The van der Waals surface area contributed by atoms with Crippen LogP contribution in [-0.2, 0) is 11.2 Å². The topological polar surface area (TPSA) is 30.0 Å². The molecule has 0 aliphatic heterocycles. The number of halogens is 1. The van der Waals surface area contributed by atoms with E-state index >= 15 is 0 Å². The highest BCUT2D eigenvalue weighted by Gasteiger charge is 2.28. The minimum Gasteiger partial charge on any atom is -0.297 e. The fourth-order valence-electron chi connectivity index (χ4n) is 1.29. The average molecular weight is 226 g/mol. The molecule has 1 rings (SSSR count). The standard InChI is InChI=1S/C12H16ClNO/c1-12(2,3)11(15)10(13)8-9-4-6-14-7-5-9/h4-7,10H,8H2,1-3H3. The highest BCUT2D eigenvalue weighted by molar-refractivity contribution is 6.31. The highest BCUT2D eigenvalue weighted by Crippen LogP contribution is 2.21. The Morgan fingerprint density at radius 3 is 2.40 bits per heavy atom. The van der Waals surface area contributed by atoms with Crippen LogP contribution in [0.1, 0.15) is 26.3 Å². The van der Waals surface area contributed by atoms with Gasteiger partial charge in [-0.25, -0.2) is 0 Å². The molecule has 2 nitrogen and oxygen atoms in total. The number of Topliss-reactive ketones (excluding diaryl/α,β-unsaturated/α-hetero) is 1. The Morgan fingerprint density at radius 1 is 1.40 bits per heavy atom. The van der Waals surface area contributed by atoms with Gasteiger partial charge in [0.25, 0.3) is 0 Å². The van der Waals surface area contributed by atoms with Gasteiger partial charge in [-0.1, -0.05) is 20.8 Å². The van der Waals surface area contributed by atoms with Crippen LogP contribution < -0.4 is 0 Å². The van der Waals surface area contributed by atoms with Gasteiger partial charge in [-0.15, -0.1) is 11.6 Å². The number of carbonyl (C=O) groups is 1. The van der Waals surface area contributed by atoms with E-state index in [9.17, 15) is 4.79 Å². The number of ketones is 1. The maximum atomic E-state index is 11.8. The number of nitrogens with zero attached hydrogens (tertiary/aromatic N) is 1. The summed E-state index contributed by atoms with van der Waals surface area (Å²) in [5.41, 5.74) is 0.669. The van der Waals surface area contributed by atoms with Crippen molar-refractivity contribution in [2.75, 3.05) is 0 Å².